The van der Waals surface area contributed by atoms with Gasteiger partial charge in [-0.05, 0) is 5.56 Å². The molecule has 1 aliphatic rings. The van der Waals surface area contributed by atoms with Crippen LogP contribution in [0.4, 0.5) is 19.0 Å². The third kappa shape index (κ3) is 4.80. The molecule has 0 saturated carbocycles. The van der Waals surface area contributed by atoms with E-state index in [2.05, 4.69) is 4.98 Å². The van der Waals surface area contributed by atoms with E-state index in [1.807, 2.05) is 40.6 Å². The van der Waals surface area contributed by atoms with E-state index < -0.39 is 18.5 Å². The van der Waals surface area contributed by atoms with Crippen LogP contribution < -0.4 is 4.90 Å². The van der Waals surface area contributed by atoms with E-state index in [4.69, 9.17) is 9.72 Å². The van der Waals surface area contributed by atoms with Crippen LogP contribution in [0.1, 0.15) is 12.2 Å². The highest BCUT2D eigenvalue weighted by molar-refractivity contribution is 7.17. The van der Waals surface area contributed by atoms with Crippen LogP contribution in [0, 0.1) is 0 Å². The monoisotopic (exact) mass is 450 g/mol. The molecule has 1 saturated heterocycles. The molecule has 164 valence electrons. The molecule has 3 aromatic rings. The fourth-order valence-electron chi connectivity index (χ4n) is 3.67. The molecule has 31 heavy (non-hydrogen) atoms. The van der Waals surface area contributed by atoms with Gasteiger partial charge in [-0.2, -0.15) is 13.2 Å². The average Bonchev–Trinajstić information content (AvgIpc) is 3.17. The minimum absolute atomic E-state index is 0.213. The van der Waals surface area contributed by atoms with Crippen molar-refractivity contribution in [3.63, 3.8) is 0 Å². The van der Waals surface area contributed by atoms with Gasteiger partial charge >= 0.3 is 6.18 Å². The Morgan fingerprint density at radius 2 is 1.84 bits per heavy atom. The minimum atomic E-state index is -4.50. The summed E-state index contributed by atoms with van der Waals surface area (Å²) in [4.78, 5) is 25.4. The molecule has 3 heterocycles. The highest BCUT2D eigenvalue weighted by Gasteiger charge is 2.35. The summed E-state index contributed by atoms with van der Waals surface area (Å²) in [7, 11) is 1.57. The Hall–Kier alpha value is -2.72. The second-order valence-electron chi connectivity index (χ2n) is 7.25. The molecule has 1 aliphatic heterocycles. The molecule has 4 rings (SSSR count). The number of nitrogens with zero attached hydrogens (tertiary/aromatic N) is 4. The van der Waals surface area contributed by atoms with E-state index >= 15 is 0 Å². The maximum absolute atomic E-state index is 12.6. The van der Waals surface area contributed by atoms with Crippen LogP contribution in [0.2, 0.25) is 0 Å². The van der Waals surface area contributed by atoms with Crippen LogP contribution in [0.25, 0.3) is 21.3 Å². The topological polar surface area (TPSA) is 58.6 Å². The van der Waals surface area contributed by atoms with Crippen molar-refractivity contribution in [1.29, 1.82) is 0 Å². The molecule has 0 spiro atoms. The van der Waals surface area contributed by atoms with Crippen molar-refractivity contribution < 1.29 is 22.7 Å². The van der Waals surface area contributed by atoms with E-state index in [-0.39, 0.29) is 19.7 Å². The molecule has 1 aromatic carbocycles. The molecule has 1 amide bonds. The lowest BCUT2D eigenvalue weighted by atomic mass is 10.1. The van der Waals surface area contributed by atoms with Gasteiger partial charge in [0, 0.05) is 44.2 Å². The highest BCUT2D eigenvalue weighted by Crippen LogP contribution is 2.38. The Bertz CT molecular complexity index is 1060. The summed E-state index contributed by atoms with van der Waals surface area (Å²) < 4.78 is 42.9. The first-order valence-corrected chi connectivity index (χ1v) is 10.7. The number of piperazine rings is 1. The Kier molecular flexibility index (Phi) is 6.10. The number of ether oxygens (including phenoxy) is 1. The van der Waals surface area contributed by atoms with E-state index in [0.717, 1.165) is 27.2 Å². The quantitative estimate of drug-likeness (QED) is 0.586. The number of anilines is 1. The molecule has 0 atom stereocenters. The summed E-state index contributed by atoms with van der Waals surface area (Å²) in [5, 5.41) is 2.95. The summed E-state index contributed by atoms with van der Waals surface area (Å²) in [5.74, 6) is 0.377. The number of halogens is 3. The Balaban J connectivity index is 1.65. The first kappa shape index (κ1) is 21.5. The van der Waals surface area contributed by atoms with Crippen LogP contribution in [0.5, 0.6) is 0 Å². The van der Waals surface area contributed by atoms with Crippen LogP contribution in [0.15, 0.2) is 35.7 Å². The number of carbonyl (C=O) groups is 1. The van der Waals surface area contributed by atoms with Crippen molar-refractivity contribution in [3.05, 3.63) is 41.5 Å². The SMILES string of the molecule is COCc1nc(N2CCN(C(=O)CC(F)(F)F)CC2)c2c(-c3ccccc3)csc2n1. The molecule has 2 aromatic heterocycles. The summed E-state index contributed by atoms with van der Waals surface area (Å²) in [6, 6.07) is 9.90. The third-order valence-corrected chi connectivity index (χ3v) is 5.97. The largest absolute Gasteiger partial charge is 0.397 e. The molecule has 0 N–H and O–H groups in total. The van der Waals surface area contributed by atoms with Crippen molar-refractivity contribution in [3.8, 4) is 11.1 Å². The Morgan fingerprint density at radius 1 is 1.13 bits per heavy atom. The number of benzene rings is 1. The van der Waals surface area contributed by atoms with E-state index in [1.165, 1.54) is 16.2 Å². The standard InChI is InChI=1S/C21H21F3N4O2S/c1-30-12-16-25-19(28-9-7-27(8-10-28)17(29)11-21(22,23)24)18-15(13-31-20(18)26-16)14-5-3-2-4-6-14/h2-6,13H,7-12H2,1H3. The number of rotatable bonds is 5. The predicted molar refractivity (Wildman–Crippen MR) is 113 cm³/mol. The lowest BCUT2D eigenvalue weighted by molar-refractivity contribution is -0.161. The van der Waals surface area contributed by atoms with Crippen LogP contribution >= 0.6 is 11.3 Å². The van der Waals surface area contributed by atoms with Gasteiger partial charge in [-0.15, -0.1) is 11.3 Å². The van der Waals surface area contributed by atoms with Crippen molar-refractivity contribution in [2.24, 2.45) is 0 Å². The van der Waals surface area contributed by atoms with Gasteiger partial charge in [0.2, 0.25) is 5.91 Å². The van der Waals surface area contributed by atoms with Crippen molar-refractivity contribution >= 4 is 33.3 Å². The number of fused-ring (bicyclic) bond motifs is 1. The van der Waals surface area contributed by atoms with Gasteiger partial charge in [0.15, 0.2) is 5.82 Å². The first-order chi connectivity index (χ1) is 14.9. The van der Waals surface area contributed by atoms with E-state index in [1.54, 1.807) is 7.11 Å². The fourth-order valence-corrected chi connectivity index (χ4v) is 4.63. The second kappa shape index (κ2) is 8.80. The van der Waals surface area contributed by atoms with E-state index in [0.29, 0.717) is 18.9 Å². The summed E-state index contributed by atoms with van der Waals surface area (Å²) in [6.07, 6.45) is -5.92. The van der Waals surface area contributed by atoms with Crippen molar-refractivity contribution in [2.75, 3.05) is 38.2 Å². The zero-order valence-electron chi connectivity index (χ0n) is 16.9. The van der Waals surface area contributed by atoms with Crippen LogP contribution in [0.3, 0.4) is 0 Å². The molecule has 0 unspecified atom stereocenters. The highest BCUT2D eigenvalue weighted by atomic mass is 32.1. The summed E-state index contributed by atoms with van der Waals surface area (Å²) >= 11 is 1.52. The van der Waals surface area contributed by atoms with Crippen LogP contribution in [-0.2, 0) is 16.1 Å². The number of hydrogen-bond donors (Lipinski definition) is 0. The van der Waals surface area contributed by atoms with Crippen molar-refractivity contribution in [1.82, 2.24) is 14.9 Å². The second-order valence-corrected chi connectivity index (χ2v) is 8.11. The van der Waals surface area contributed by atoms with Gasteiger partial charge in [-0.3, -0.25) is 4.79 Å². The molecule has 0 radical (unpaired) electrons. The molecule has 1 fully saturated rings. The van der Waals surface area contributed by atoms with Gasteiger partial charge in [-0.25, -0.2) is 9.97 Å². The number of carbonyl (C=O) groups excluding carboxylic acids is 1. The smallest absolute Gasteiger partial charge is 0.377 e. The Morgan fingerprint density at radius 3 is 2.48 bits per heavy atom. The zero-order valence-corrected chi connectivity index (χ0v) is 17.7. The Labute approximate surface area is 181 Å². The first-order valence-electron chi connectivity index (χ1n) is 9.77. The maximum Gasteiger partial charge on any atom is 0.397 e. The minimum Gasteiger partial charge on any atom is -0.377 e. The molecule has 10 heteroatoms. The van der Waals surface area contributed by atoms with Gasteiger partial charge < -0.3 is 14.5 Å². The normalized spacial score (nSPS) is 15.0. The fraction of sp³-hybridized carbons (Fsp3) is 0.381. The molecule has 6 nitrogen and oxygen atoms in total. The van der Waals surface area contributed by atoms with Gasteiger partial charge in [-0.1, -0.05) is 30.3 Å². The number of methoxy groups -OCH3 is 1. The zero-order chi connectivity index (χ0) is 22.0. The average molecular weight is 450 g/mol. The number of amides is 1. The lowest BCUT2D eigenvalue weighted by Gasteiger charge is -2.36. The molecular weight excluding hydrogens is 429 g/mol. The number of hydrogen-bond acceptors (Lipinski definition) is 6. The summed E-state index contributed by atoms with van der Waals surface area (Å²) in [6.45, 7) is 1.47. The third-order valence-electron chi connectivity index (χ3n) is 5.10. The predicted octanol–water partition coefficient (Wildman–Crippen LogP) is 4.11. The van der Waals surface area contributed by atoms with Crippen molar-refractivity contribution in [2.45, 2.75) is 19.2 Å². The number of thiophene rings is 1. The molecular formula is C21H21F3N4O2S. The maximum atomic E-state index is 12.6. The van der Waals surface area contributed by atoms with Gasteiger partial charge in [0.05, 0.1) is 5.39 Å². The molecule has 0 aliphatic carbocycles. The van der Waals surface area contributed by atoms with Gasteiger partial charge in [0.25, 0.3) is 0 Å². The van der Waals surface area contributed by atoms with Gasteiger partial charge in [0.1, 0.15) is 23.7 Å². The number of aromatic nitrogens is 2. The van der Waals surface area contributed by atoms with Crippen LogP contribution in [-0.4, -0.2) is 60.2 Å². The summed E-state index contributed by atoms with van der Waals surface area (Å²) in [5.41, 5.74) is 2.05. The number of alkyl halides is 3. The lowest BCUT2D eigenvalue weighted by Crippen LogP contribution is -2.49. The molecule has 0 bridgehead atoms. The van der Waals surface area contributed by atoms with E-state index in [9.17, 15) is 18.0 Å².